The van der Waals surface area contributed by atoms with Crippen molar-refractivity contribution in [1.82, 2.24) is 10.6 Å². The summed E-state index contributed by atoms with van der Waals surface area (Å²) in [4.78, 5) is 13.6. The minimum absolute atomic E-state index is 0.0512. The van der Waals surface area contributed by atoms with Gasteiger partial charge in [0, 0.05) is 59.4 Å². The highest BCUT2D eigenvalue weighted by atomic mass is 35.5. The first-order valence-corrected chi connectivity index (χ1v) is 19.0. The van der Waals surface area contributed by atoms with Gasteiger partial charge in [0.2, 0.25) is 5.91 Å². The second-order valence-electron chi connectivity index (χ2n) is 11.9. The van der Waals surface area contributed by atoms with E-state index in [2.05, 4.69) is 16.0 Å². The molecular weight excluding hydrogens is 615 g/mol. The lowest BCUT2D eigenvalue weighted by atomic mass is 9.77. The van der Waals surface area contributed by atoms with Crippen molar-refractivity contribution < 1.29 is 26.0 Å². The van der Waals surface area contributed by atoms with Gasteiger partial charge in [0.25, 0.3) is 0 Å². The van der Waals surface area contributed by atoms with Crippen molar-refractivity contribution in [3.63, 3.8) is 0 Å². The van der Waals surface area contributed by atoms with E-state index in [1.165, 1.54) is 12.3 Å². The second kappa shape index (κ2) is 14.8. The number of nitrogens with one attached hydrogen (secondary N) is 3. The lowest BCUT2D eigenvalue weighted by Gasteiger charge is -2.34. The van der Waals surface area contributed by atoms with E-state index in [-0.39, 0.29) is 35.3 Å². The maximum Gasteiger partial charge on any atom is 0.241 e. The van der Waals surface area contributed by atoms with Crippen LogP contribution in [0.25, 0.3) is 0 Å². The Balaban J connectivity index is 1.39. The van der Waals surface area contributed by atoms with E-state index in [1.54, 1.807) is 24.3 Å². The number of piperazine rings is 1. The molecule has 0 saturated carbocycles. The smallest absolute Gasteiger partial charge is 0.241 e. The van der Waals surface area contributed by atoms with E-state index in [0.29, 0.717) is 61.5 Å². The molecule has 2 fully saturated rings. The van der Waals surface area contributed by atoms with E-state index in [9.17, 15) is 21.6 Å². The maximum atomic E-state index is 15.0. The number of benzene rings is 2. The minimum Gasteiger partial charge on any atom is -0.324 e. The molecule has 4 atom stereocenters. The molecule has 2 saturated heterocycles. The van der Waals surface area contributed by atoms with Gasteiger partial charge < -0.3 is 21.7 Å². The van der Waals surface area contributed by atoms with Crippen LogP contribution in [0.4, 0.5) is 10.1 Å². The van der Waals surface area contributed by atoms with Gasteiger partial charge in [0.15, 0.2) is 0 Å². The first-order valence-electron chi connectivity index (χ1n) is 14.8. The van der Waals surface area contributed by atoms with Gasteiger partial charge in [0.1, 0.15) is 25.5 Å². The molecule has 0 radical (unpaired) electrons. The Morgan fingerprint density at radius 2 is 1.70 bits per heavy atom. The van der Waals surface area contributed by atoms with Crippen molar-refractivity contribution in [2.45, 2.75) is 62.6 Å². The molecule has 2 heterocycles. The molecule has 2 aliphatic heterocycles. The number of nitrogens with two attached hydrogens (primary N) is 1. The third kappa shape index (κ3) is 9.95. The minimum atomic E-state index is -3.11. The zero-order valence-electron chi connectivity index (χ0n) is 24.4. The highest BCUT2D eigenvalue weighted by Crippen LogP contribution is 2.36. The van der Waals surface area contributed by atoms with Crippen molar-refractivity contribution in [3.8, 4) is 0 Å². The summed E-state index contributed by atoms with van der Waals surface area (Å²) in [6, 6.07) is 10.9. The number of amides is 1. The first kappa shape index (κ1) is 33.8. The summed E-state index contributed by atoms with van der Waals surface area (Å²) in [5.74, 6) is -1.16. The van der Waals surface area contributed by atoms with Crippen LogP contribution in [0.15, 0.2) is 42.5 Å². The van der Waals surface area contributed by atoms with Gasteiger partial charge in [0.05, 0.1) is 17.5 Å². The molecule has 0 spiro atoms. The lowest BCUT2D eigenvalue weighted by Crippen LogP contribution is -2.54. The number of carbonyl (C=O) groups excluding carboxylic acids is 1. The lowest BCUT2D eigenvalue weighted by molar-refractivity contribution is -0.118. The van der Waals surface area contributed by atoms with E-state index >= 15 is 4.39 Å². The van der Waals surface area contributed by atoms with Crippen molar-refractivity contribution >= 4 is 42.9 Å². The maximum absolute atomic E-state index is 15.0. The fourth-order valence-corrected chi connectivity index (χ4v) is 8.46. The molecule has 0 aromatic heterocycles. The first-order chi connectivity index (χ1) is 20.3. The summed E-state index contributed by atoms with van der Waals surface area (Å²) in [7, 11) is -6.08. The highest BCUT2D eigenvalue weighted by Gasteiger charge is 2.37. The number of hydrogen-bond donors (Lipinski definition) is 4. The number of rotatable bonds is 12. The number of carbonyl (C=O) groups is 1. The SMILES string of the molecule is CS(=O)(=O)CCCC1CN[C@@H](CCc2c(F)cccc2NC(=O)[C@@H](N)[C@@H](c2ccc(Cl)cc2)C2CCS(=O)(=O)CC2)CN1. The van der Waals surface area contributed by atoms with Crippen LogP contribution >= 0.6 is 11.6 Å². The molecule has 43 heavy (non-hydrogen) atoms. The topological polar surface area (TPSA) is 147 Å². The molecule has 2 aliphatic rings. The molecule has 2 aromatic rings. The molecule has 1 unspecified atom stereocenters. The molecule has 2 aromatic carbocycles. The predicted molar refractivity (Wildman–Crippen MR) is 169 cm³/mol. The molecule has 9 nitrogen and oxygen atoms in total. The Labute approximate surface area is 259 Å². The molecular formula is C30H42ClFN4O5S2. The number of hydrogen-bond acceptors (Lipinski definition) is 8. The monoisotopic (exact) mass is 656 g/mol. The van der Waals surface area contributed by atoms with Crippen LogP contribution in [0.1, 0.15) is 49.1 Å². The van der Waals surface area contributed by atoms with Crippen LogP contribution < -0.4 is 21.7 Å². The second-order valence-corrected chi connectivity index (χ2v) is 16.9. The molecule has 1 amide bonds. The standard InChI is InChI=1S/C30H42ClFN4O5S2/c1-42(38,39)15-3-4-23-18-35-24(19-34-23)11-12-25-26(32)5-2-6-27(25)36-30(37)29(33)28(20-7-9-22(31)10-8-20)21-13-16-43(40,41)17-14-21/h2,5-10,21,23-24,28-29,34-35H,3-4,11-19,33H2,1H3,(H,36,37)/t23?,24-,28-,29-/m0/s1. The van der Waals surface area contributed by atoms with Crippen LogP contribution in [0.3, 0.4) is 0 Å². The average molecular weight is 657 g/mol. The fourth-order valence-electron chi connectivity index (χ4n) is 6.12. The van der Waals surface area contributed by atoms with Crippen LogP contribution in [0.5, 0.6) is 0 Å². The van der Waals surface area contributed by atoms with Gasteiger partial charge in [-0.2, -0.15) is 0 Å². The molecule has 0 aliphatic carbocycles. The quantitative estimate of drug-likeness (QED) is 0.273. The average Bonchev–Trinajstić information content (AvgIpc) is 2.94. The Morgan fingerprint density at radius 1 is 1.07 bits per heavy atom. The van der Waals surface area contributed by atoms with Gasteiger partial charge in [-0.3, -0.25) is 4.79 Å². The molecule has 0 bridgehead atoms. The Kier molecular flexibility index (Phi) is 11.6. The van der Waals surface area contributed by atoms with Gasteiger partial charge in [-0.05, 0) is 74.3 Å². The van der Waals surface area contributed by atoms with Gasteiger partial charge in [-0.15, -0.1) is 0 Å². The Morgan fingerprint density at radius 3 is 2.30 bits per heavy atom. The van der Waals surface area contributed by atoms with Gasteiger partial charge in [-0.1, -0.05) is 29.8 Å². The van der Waals surface area contributed by atoms with Crippen LogP contribution in [0, 0.1) is 11.7 Å². The van der Waals surface area contributed by atoms with Gasteiger partial charge in [-0.25, -0.2) is 21.2 Å². The van der Waals surface area contributed by atoms with E-state index in [1.807, 2.05) is 12.1 Å². The van der Waals surface area contributed by atoms with E-state index in [0.717, 1.165) is 12.0 Å². The van der Waals surface area contributed by atoms with Crippen LogP contribution in [0.2, 0.25) is 5.02 Å². The fraction of sp³-hybridized carbons (Fsp3) is 0.567. The number of halogens is 2. The normalized spacial score (nSPS) is 22.5. The van der Waals surface area contributed by atoms with Crippen molar-refractivity contribution in [1.29, 1.82) is 0 Å². The summed E-state index contributed by atoms with van der Waals surface area (Å²) in [6.45, 7) is 1.36. The largest absolute Gasteiger partial charge is 0.324 e. The van der Waals surface area contributed by atoms with Crippen LogP contribution in [-0.4, -0.2) is 77.5 Å². The highest BCUT2D eigenvalue weighted by molar-refractivity contribution is 7.91. The summed E-state index contributed by atoms with van der Waals surface area (Å²) in [5, 5.41) is 10.3. The van der Waals surface area contributed by atoms with Gasteiger partial charge >= 0.3 is 0 Å². The van der Waals surface area contributed by atoms with Crippen molar-refractivity contribution in [3.05, 3.63) is 64.4 Å². The molecule has 4 rings (SSSR count). The van der Waals surface area contributed by atoms with E-state index < -0.39 is 43.4 Å². The molecule has 5 N–H and O–H groups in total. The predicted octanol–water partition coefficient (Wildman–Crippen LogP) is 3.04. The molecule has 238 valence electrons. The van der Waals surface area contributed by atoms with Crippen molar-refractivity contribution in [2.24, 2.45) is 11.7 Å². The van der Waals surface area contributed by atoms with Crippen molar-refractivity contribution in [2.75, 3.05) is 41.9 Å². The Bertz CT molecular complexity index is 1450. The summed E-state index contributed by atoms with van der Waals surface area (Å²) in [5.41, 5.74) is 8.16. The van der Waals surface area contributed by atoms with Crippen LogP contribution in [-0.2, 0) is 30.9 Å². The molecule has 13 heteroatoms. The zero-order chi connectivity index (χ0) is 31.2. The Hall–Kier alpha value is -2.09. The summed E-state index contributed by atoms with van der Waals surface area (Å²) < 4.78 is 62.0. The zero-order valence-corrected chi connectivity index (χ0v) is 26.8. The third-order valence-corrected chi connectivity index (χ3v) is 11.5. The number of anilines is 1. The third-order valence-electron chi connectivity index (χ3n) is 8.54. The number of sulfone groups is 2. The van der Waals surface area contributed by atoms with E-state index in [4.69, 9.17) is 17.3 Å². The summed E-state index contributed by atoms with van der Waals surface area (Å²) in [6.07, 6.45) is 4.42. The summed E-state index contributed by atoms with van der Waals surface area (Å²) >= 11 is 6.10.